The summed E-state index contributed by atoms with van der Waals surface area (Å²) in [7, 11) is 0. The van der Waals surface area contributed by atoms with Crippen molar-refractivity contribution in [3.63, 3.8) is 0 Å². The molecule has 8 nitrogen and oxygen atoms in total. The average Bonchev–Trinajstić information content (AvgIpc) is 2.98. The van der Waals surface area contributed by atoms with E-state index < -0.39 is 4.92 Å². The standard InChI is InChI=1S/C13H20N4O4/c18-13(11-2-3-12(16-11)17(19)20)15-6-1-9-21-10-4-7-14-8-5-10/h2-3,10,14,16H,1,4-9H2,(H,15,18). The van der Waals surface area contributed by atoms with E-state index >= 15 is 0 Å². The molecule has 2 rings (SSSR count). The van der Waals surface area contributed by atoms with E-state index in [1.54, 1.807) is 0 Å². The van der Waals surface area contributed by atoms with Gasteiger partial charge < -0.3 is 25.5 Å². The van der Waals surface area contributed by atoms with Crippen molar-refractivity contribution in [1.29, 1.82) is 0 Å². The molecular weight excluding hydrogens is 276 g/mol. The van der Waals surface area contributed by atoms with Crippen LogP contribution in [0.5, 0.6) is 0 Å². The number of piperidine rings is 1. The minimum atomic E-state index is -0.566. The minimum Gasteiger partial charge on any atom is -0.378 e. The van der Waals surface area contributed by atoms with Gasteiger partial charge in [0.25, 0.3) is 5.91 Å². The highest BCUT2D eigenvalue weighted by Gasteiger charge is 2.15. The maximum atomic E-state index is 11.7. The quantitative estimate of drug-likeness (QED) is 0.392. The zero-order valence-corrected chi connectivity index (χ0v) is 11.8. The third-order valence-corrected chi connectivity index (χ3v) is 3.36. The Bertz CT molecular complexity index is 482. The number of ether oxygens (including phenoxy) is 1. The van der Waals surface area contributed by atoms with Crippen molar-refractivity contribution in [3.05, 3.63) is 27.9 Å². The molecule has 8 heteroatoms. The van der Waals surface area contributed by atoms with Crippen LogP contribution in [0.15, 0.2) is 12.1 Å². The molecule has 0 atom stereocenters. The number of rotatable bonds is 7. The number of carbonyl (C=O) groups is 1. The molecular formula is C13H20N4O4. The number of H-pyrrole nitrogens is 1. The normalized spacial score (nSPS) is 15.8. The van der Waals surface area contributed by atoms with Crippen molar-refractivity contribution in [3.8, 4) is 0 Å². The first-order valence-electron chi connectivity index (χ1n) is 7.11. The van der Waals surface area contributed by atoms with Crippen LogP contribution in [0.1, 0.15) is 29.8 Å². The first-order valence-corrected chi connectivity index (χ1v) is 7.11. The number of nitrogens with one attached hydrogen (secondary N) is 3. The lowest BCUT2D eigenvalue weighted by molar-refractivity contribution is -0.389. The number of amides is 1. The monoisotopic (exact) mass is 296 g/mol. The topological polar surface area (TPSA) is 109 Å². The van der Waals surface area contributed by atoms with E-state index in [0.29, 0.717) is 19.3 Å². The number of aromatic amines is 1. The molecule has 21 heavy (non-hydrogen) atoms. The van der Waals surface area contributed by atoms with Crippen LogP contribution in [0, 0.1) is 10.1 Å². The molecule has 0 aromatic carbocycles. The highest BCUT2D eigenvalue weighted by molar-refractivity contribution is 5.92. The molecule has 1 aliphatic heterocycles. The molecule has 0 radical (unpaired) electrons. The molecule has 0 unspecified atom stereocenters. The fourth-order valence-electron chi connectivity index (χ4n) is 2.20. The lowest BCUT2D eigenvalue weighted by Crippen LogP contribution is -2.33. The van der Waals surface area contributed by atoms with Gasteiger partial charge in [-0.25, -0.2) is 4.98 Å². The molecule has 0 saturated carbocycles. The smallest absolute Gasteiger partial charge is 0.321 e. The van der Waals surface area contributed by atoms with E-state index in [1.807, 2.05) is 0 Å². The van der Waals surface area contributed by atoms with Crippen LogP contribution in [0.2, 0.25) is 0 Å². The van der Waals surface area contributed by atoms with E-state index in [4.69, 9.17) is 4.74 Å². The van der Waals surface area contributed by atoms with Gasteiger partial charge in [-0.2, -0.15) is 0 Å². The summed E-state index contributed by atoms with van der Waals surface area (Å²) in [5, 5.41) is 16.5. The summed E-state index contributed by atoms with van der Waals surface area (Å²) in [6.45, 7) is 3.08. The second kappa shape index (κ2) is 7.75. The zero-order chi connectivity index (χ0) is 15.1. The van der Waals surface area contributed by atoms with Crippen LogP contribution in [-0.2, 0) is 4.74 Å². The Morgan fingerprint density at radius 3 is 2.86 bits per heavy atom. The number of aromatic nitrogens is 1. The first-order chi connectivity index (χ1) is 10.2. The summed E-state index contributed by atoms with van der Waals surface area (Å²) in [6.07, 6.45) is 3.09. The molecule has 116 valence electrons. The third kappa shape index (κ3) is 4.83. The van der Waals surface area contributed by atoms with Crippen molar-refractivity contribution in [2.24, 2.45) is 0 Å². The number of hydrogen-bond acceptors (Lipinski definition) is 5. The fourth-order valence-corrected chi connectivity index (χ4v) is 2.20. The van der Waals surface area contributed by atoms with E-state index in [0.717, 1.165) is 32.4 Å². The number of nitro groups is 1. The molecule has 1 fully saturated rings. The average molecular weight is 296 g/mol. The van der Waals surface area contributed by atoms with E-state index in [2.05, 4.69) is 15.6 Å². The molecule has 1 aliphatic rings. The molecule has 1 aromatic rings. The SMILES string of the molecule is O=C(NCCCOC1CCNCC1)c1ccc([N+](=O)[O-])[nH]1. The van der Waals surface area contributed by atoms with Gasteiger partial charge in [-0.3, -0.25) is 4.79 Å². The van der Waals surface area contributed by atoms with Gasteiger partial charge in [0.1, 0.15) is 0 Å². The Morgan fingerprint density at radius 2 is 2.19 bits per heavy atom. The van der Waals surface area contributed by atoms with Gasteiger partial charge in [0.2, 0.25) is 0 Å². The van der Waals surface area contributed by atoms with Crippen LogP contribution in [-0.4, -0.2) is 48.2 Å². The Balaban J connectivity index is 1.61. The Morgan fingerprint density at radius 1 is 1.43 bits per heavy atom. The van der Waals surface area contributed by atoms with Gasteiger partial charge in [-0.1, -0.05) is 0 Å². The highest BCUT2D eigenvalue weighted by Crippen LogP contribution is 2.10. The Kier molecular flexibility index (Phi) is 5.70. The summed E-state index contributed by atoms with van der Waals surface area (Å²) in [6, 6.07) is 2.67. The maximum absolute atomic E-state index is 11.7. The number of nitrogens with zero attached hydrogens (tertiary/aromatic N) is 1. The van der Waals surface area contributed by atoms with Gasteiger partial charge >= 0.3 is 5.82 Å². The first kappa shape index (κ1) is 15.5. The fraction of sp³-hybridized carbons (Fsp3) is 0.615. The van der Waals surface area contributed by atoms with Crippen LogP contribution < -0.4 is 10.6 Å². The molecule has 0 aliphatic carbocycles. The van der Waals surface area contributed by atoms with E-state index in [1.165, 1.54) is 12.1 Å². The van der Waals surface area contributed by atoms with Crippen LogP contribution >= 0.6 is 0 Å². The Hall–Kier alpha value is -1.93. The molecule has 0 spiro atoms. The summed E-state index contributed by atoms with van der Waals surface area (Å²) in [4.78, 5) is 24.1. The van der Waals surface area contributed by atoms with E-state index in [9.17, 15) is 14.9 Å². The van der Waals surface area contributed by atoms with Crippen molar-refractivity contribution in [2.45, 2.75) is 25.4 Å². The minimum absolute atomic E-state index is 0.186. The van der Waals surface area contributed by atoms with Crippen molar-refractivity contribution < 1.29 is 14.5 Å². The largest absolute Gasteiger partial charge is 0.378 e. The molecule has 3 N–H and O–H groups in total. The lowest BCUT2D eigenvalue weighted by Gasteiger charge is -2.22. The molecule has 1 amide bonds. The van der Waals surface area contributed by atoms with Gasteiger partial charge in [-0.05, 0) is 43.3 Å². The third-order valence-electron chi connectivity index (χ3n) is 3.36. The van der Waals surface area contributed by atoms with Gasteiger partial charge in [0.15, 0.2) is 5.69 Å². The second-order valence-corrected chi connectivity index (χ2v) is 4.94. The van der Waals surface area contributed by atoms with Crippen LogP contribution in [0.4, 0.5) is 5.82 Å². The Labute approximate surface area is 122 Å². The van der Waals surface area contributed by atoms with Crippen molar-refractivity contribution in [2.75, 3.05) is 26.2 Å². The van der Waals surface area contributed by atoms with Gasteiger partial charge in [0.05, 0.1) is 6.10 Å². The van der Waals surface area contributed by atoms with Gasteiger partial charge in [0, 0.05) is 19.2 Å². The molecule has 2 heterocycles. The summed E-state index contributed by atoms with van der Waals surface area (Å²) in [5.74, 6) is -0.528. The van der Waals surface area contributed by atoms with Crippen molar-refractivity contribution in [1.82, 2.24) is 15.6 Å². The van der Waals surface area contributed by atoms with E-state index in [-0.39, 0.29) is 17.4 Å². The molecule has 1 aromatic heterocycles. The molecule has 0 bridgehead atoms. The summed E-state index contributed by atoms with van der Waals surface area (Å²) >= 11 is 0. The maximum Gasteiger partial charge on any atom is 0.321 e. The number of carbonyl (C=O) groups excluding carboxylic acids is 1. The highest BCUT2D eigenvalue weighted by atomic mass is 16.6. The second-order valence-electron chi connectivity index (χ2n) is 4.94. The van der Waals surface area contributed by atoms with Gasteiger partial charge in [-0.15, -0.1) is 0 Å². The summed E-state index contributed by atoms with van der Waals surface area (Å²) in [5.41, 5.74) is 0.195. The predicted molar refractivity (Wildman–Crippen MR) is 76.2 cm³/mol. The molecule has 1 saturated heterocycles. The number of hydrogen-bond donors (Lipinski definition) is 3. The van der Waals surface area contributed by atoms with Crippen LogP contribution in [0.25, 0.3) is 0 Å². The zero-order valence-electron chi connectivity index (χ0n) is 11.8. The predicted octanol–water partition coefficient (Wildman–Crippen LogP) is 0.811. The summed E-state index contributed by atoms with van der Waals surface area (Å²) < 4.78 is 5.72. The van der Waals surface area contributed by atoms with Crippen LogP contribution in [0.3, 0.4) is 0 Å². The lowest BCUT2D eigenvalue weighted by atomic mass is 10.1. The van der Waals surface area contributed by atoms with Crippen molar-refractivity contribution >= 4 is 11.7 Å².